The minimum atomic E-state index is -3.43. The molecular formula is C14H19ClN2O4S. The van der Waals surface area contributed by atoms with Gasteiger partial charge in [-0.05, 0) is 38.7 Å². The molecule has 122 valence electrons. The molecule has 8 heteroatoms. The predicted octanol–water partition coefficient (Wildman–Crippen LogP) is 2.06. The van der Waals surface area contributed by atoms with E-state index in [0.29, 0.717) is 42.0 Å². The number of halogens is 1. The van der Waals surface area contributed by atoms with Gasteiger partial charge in [0.05, 0.1) is 28.6 Å². The van der Waals surface area contributed by atoms with Gasteiger partial charge in [0.1, 0.15) is 0 Å². The van der Waals surface area contributed by atoms with Gasteiger partial charge in [0, 0.05) is 12.2 Å². The molecule has 1 heterocycles. The van der Waals surface area contributed by atoms with E-state index >= 15 is 0 Å². The lowest BCUT2D eigenvalue weighted by atomic mass is 9.93. The first kappa shape index (κ1) is 17.2. The number of hydrogen-bond acceptors (Lipinski definition) is 5. The summed E-state index contributed by atoms with van der Waals surface area (Å²) >= 11 is 5.87. The van der Waals surface area contributed by atoms with E-state index in [-0.39, 0.29) is 18.1 Å². The van der Waals surface area contributed by atoms with E-state index in [1.54, 1.807) is 13.0 Å². The van der Waals surface area contributed by atoms with E-state index in [2.05, 4.69) is 10.3 Å². The molecule has 2 rings (SSSR count). The Morgan fingerprint density at radius 2 is 2.00 bits per heavy atom. The van der Waals surface area contributed by atoms with Gasteiger partial charge in [-0.3, -0.25) is 14.0 Å². The minimum Gasteiger partial charge on any atom is -0.349 e. The molecular weight excluding hydrogens is 328 g/mol. The third-order valence-electron chi connectivity index (χ3n) is 3.62. The number of rotatable bonds is 4. The molecule has 1 amide bonds. The molecule has 1 aromatic heterocycles. The Morgan fingerprint density at radius 1 is 1.36 bits per heavy atom. The molecule has 1 N–H and O–H groups in total. The molecule has 0 bridgehead atoms. The Balaban J connectivity index is 1.90. The van der Waals surface area contributed by atoms with Crippen LogP contribution < -0.4 is 5.32 Å². The van der Waals surface area contributed by atoms with Crippen molar-refractivity contribution >= 4 is 27.6 Å². The number of amides is 1. The minimum absolute atomic E-state index is 0.00490. The molecule has 0 unspecified atom stereocenters. The van der Waals surface area contributed by atoms with Gasteiger partial charge in [-0.1, -0.05) is 11.6 Å². The number of aryl methyl sites for hydroxylation is 1. The third-order valence-corrected chi connectivity index (χ3v) is 4.45. The molecule has 1 aliphatic carbocycles. The summed E-state index contributed by atoms with van der Waals surface area (Å²) in [5.74, 6) is -0.208. The summed E-state index contributed by atoms with van der Waals surface area (Å²) in [7, 11) is -3.43. The van der Waals surface area contributed by atoms with E-state index in [9.17, 15) is 13.2 Å². The summed E-state index contributed by atoms with van der Waals surface area (Å²) in [6.07, 6.45) is 4.82. The van der Waals surface area contributed by atoms with Crippen molar-refractivity contribution in [2.24, 2.45) is 0 Å². The standard InChI is InChI=1S/C14H19ClN2O4S/c1-9-13(7-10(15)8-16-9)14(18)17-11-3-5-12(6-4-11)21-22(2,19)20/h7-8,11-12H,3-6H2,1-2H3,(H,17,18)/t11-,12-. The first-order valence-corrected chi connectivity index (χ1v) is 9.25. The molecule has 22 heavy (non-hydrogen) atoms. The van der Waals surface area contributed by atoms with Gasteiger partial charge in [-0.25, -0.2) is 0 Å². The van der Waals surface area contributed by atoms with Crippen LogP contribution in [0.15, 0.2) is 12.3 Å². The Labute approximate surface area is 135 Å². The normalized spacial score (nSPS) is 22.3. The Morgan fingerprint density at radius 3 is 2.59 bits per heavy atom. The Kier molecular flexibility index (Phi) is 5.41. The Hall–Kier alpha value is -1.18. The van der Waals surface area contributed by atoms with Crippen molar-refractivity contribution in [1.29, 1.82) is 0 Å². The zero-order valence-corrected chi connectivity index (χ0v) is 14.1. The van der Waals surface area contributed by atoms with Crippen LogP contribution in [0.1, 0.15) is 41.7 Å². The monoisotopic (exact) mass is 346 g/mol. The van der Waals surface area contributed by atoms with Gasteiger partial charge < -0.3 is 5.32 Å². The maximum Gasteiger partial charge on any atom is 0.264 e. The highest BCUT2D eigenvalue weighted by molar-refractivity contribution is 7.86. The summed E-state index contributed by atoms with van der Waals surface area (Å²) in [5.41, 5.74) is 1.08. The van der Waals surface area contributed by atoms with Crippen LogP contribution in [0.2, 0.25) is 5.02 Å². The average Bonchev–Trinajstić information content (AvgIpc) is 2.42. The second-order valence-corrected chi connectivity index (χ2v) is 7.57. The van der Waals surface area contributed by atoms with Crippen LogP contribution >= 0.6 is 11.6 Å². The van der Waals surface area contributed by atoms with E-state index in [1.807, 2.05) is 0 Å². The summed E-state index contributed by atoms with van der Waals surface area (Å²) in [4.78, 5) is 16.3. The van der Waals surface area contributed by atoms with Gasteiger partial charge >= 0.3 is 0 Å². The maximum atomic E-state index is 12.3. The molecule has 0 radical (unpaired) electrons. The van der Waals surface area contributed by atoms with Gasteiger partial charge in [0.25, 0.3) is 16.0 Å². The predicted molar refractivity (Wildman–Crippen MR) is 83.4 cm³/mol. The molecule has 0 aromatic carbocycles. The van der Waals surface area contributed by atoms with Crippen LogP contribution in [0, 0.1) is 6.92 Å². The Bertz CT molecular complexity index is 655. The van der Waals surface area contributed by atoms with E-state index in [4.69, 9.17) is 15.8 Å². The molecule has 0 atom stereocenters. The van der Waals surface area contributed by atoms with E-state index < -0.39 is 10.1 Å². The van der Waals surface area contributed by atoms with Gasteiger partial charge in [0.2, 0.25) is 0 Å². The number of nitrogens with one attached hydrogen (secondary N) is 1. The zero-order chi connectivity index (χ0) is 16.3. The summed E-state index contributed by atoms with van der Waals surface area (Å²) in [5, 5.41) is 3.36. The van der Waals surface area contributed by atoms with E-state index in [1.165, 1.54) is 6.20 Å². The van der Waals surface area contributed by atoms with Crippen LogP contribution in [-0.4, -0.2) is 37.7 Å². The van der Waals surface area contributed by atoms with Crippen molar-refractivity contribution in [1.82, 2.24) is 10.3 Å². The average molecular weight is 347 g/mol. The highest BCUT2D eigenvalue weighted by Crippen LogP contribution is 2.23. The number of pyridine rings is 1. The largest absolute Gasteiger partial charge is 0.349 e. The molecule has 1 fully saturated rings. The van der Waals surface area contributed by atoms with Crippen molar-refractivity contribution in [2.45, 2.75) is 44.8 Å². The van der Waals surface area contributed by atoms with Gasteiger partial charge in [-0.2, -0.15) is 8.42 Å². The van der Waals surface area contributed by atoms with Crippen LogP contribution in [0.25, 0.3) is 0 Å². The van der Waals surface area contributed by atoms with Crippen molar-refractivity contribution in [3.63, 3.8) is 0 Å². The second-order valence-electron chi connectivity index (χ2n) is 5.53. The fourth-order valence-corrected chi connectivity index (χ4v) is 3.40. The van der Waals surface area contributed by atoms with Crippen molar-refractivity contribution in [3.8, 4) is 0 Å². The maximum absolute atomic E-state index is 12.3. The SMILES string of the molecule is Cc1ncc(Cl)cc1C(=O)N[C@H]1CC[C@H](OS(C)(=O)=O)CC1. The molecule has 0 spiro atoms. The first-order chi connectivity index (χ1) is 10.2. The lowest BCUT2D eigenvalue weighted by molar-refractivity contribution is 0.0896. The fourth-order valence-electron chi connectivity index (χ4n) is 2.55. The fraction of sp³-hybridized carbons (Fsp3) is 0.571. The smallest absolute Gasteiger partial charge is 0.264 e. The molecule has 0 aliphatic heterocycles. The second kappa shape index (κ2) is 6.93. The zero-order valence-electron chi connectivity index (χ0n) is 12.5. The summed E-state index contributed by atoms with van der Waals surface area (Å²) in [6.45, 7) is 1.75. The summed E-state index contributed by atoms with van der Waals surface area (Å²) < 4.78 is 27.2. The van der Waals surface area contributed by atoms with E-state index in [0.717, 1.165) is 6.26 Å². The van der Waals surface area contributed by atoms with Crippen molar-refractivity contribution in [3.05, 3.63) is 28.5 Å². The van der Waals surface area contributed by atoms with Crippen LogP contribution in [0.4, 0.5) is 0 Å². The highest BCUT2D eigenvalue weighted by Gasteiger charge is 2.26. The third kappa shape index (κ3) is 4.93. The van der Waals surface area contributed by atoms with Crippen LogP contribution in [-0.2, 0) is 14.3 Å². The number of carbonyl (C=O) groups is 1. The van der Waals surface area contributed by atoms with Crippen molar-refractivity contribution in [2.75, 3.05) is 6.26 Å². The van der Waals surface area contributed by atoms with Gasteiger partial charge in [-0.15, -0.1) is 0 Å². The summed E-state index contributed by atoms with van der Waals surface area (Å²) in [6, 6.07) is 1.60. The molecule has 0 saturated heterocycles. The highest BCUT2D eigenvalue weighted by atomic mass is 35.5. The quantitative estimate of drug-likeness (QED) is 0.843. The first-order valence-electron chi connectivity index (χ1n) is 7.06. The number of carbonyl (C=O) groups excluding carboxylic acids is 1. The van der Waals surface area contributed by atoms with Gasteiger partial charge in [0.15, 0.2) is 0 Å². The number of aromatic nitrogens is 1. The van der Waals surface area contributed by atoms with Crippen LogP contribution in [0.3, 0.4) is 0 Å². The molecule has 1 saturated carbocycles. The van der Waals surface area contributed by atoms with Crippen molar-refractivity contribution < 1.29 is 17.4 Å². The molecule has 1 aromatic rings. The number of hydrogen-bond donors (Lipinski definition) is 1. The van der Waals surface area contributed by atoms with Crippen LogP contribution in [0.5, 0.6) is 0 Å². The topological polar surface area (TPSA) is 85.4 Å². The number of nitrogens with zero attached hydrogens (tertiary/aromatic N) is 1. The lowest BCUT2D eigenvalue weighted by Gasteiger charge is -2.28. The molecule has 1 aliphatic rings. The lowest BCUT2D eigenvalue weighted by Crippen LogP contribution is -2.39. The molecule has 6 nitrogen and oxygen atoms in total.